The molecule has 1 saturated carbocycles. The van der Waals surface area contributed by atoms with Crippen LogP contribution in [0.25, 0.3) is 0 Å². The number of hydrogen-bond acceptors (Lipinski definition) is 3. The molecule has 1 aromatic carbocycles. The predicted molar refractivity (Wildman–Crippen MR) is 107 cm³/mol. The number of rotatable bonds is 4. The summed E-state index contributed by atoms with van der Waals surface area (Å²) >= 11 is 0. The molecule has 0 spiro atoms. The summed E-state index contributed by atoms with van der Waals surface area (Å²) in [6, 6.07) is 5.38. The minimum Gasteiger partial charge on any atom is -0.335 e. The van der Waals surface area contributed by atoms with Crippen molar-refractivity contribution in [1.29, 1.82) is 0 Å². The third-order valence-electron chi connectivity index (χ3n) is 6.85. The molecular weight excluding hydrogens is 393 g/mol. The first-order valence-corrected chi connectivity index (χ1v) is 12.3. The van der Waals surface area contributed by atoms with E-state index >= 15 is 0 Å². The molecule has 3 fully saturated rings. The first kappa shape index (κ1) is 20.8. The van der Waals surface area contributed by atoms with Crippen molar-refractivity contribution in [2.45, 2.75) is 49.5 Å². The molecule has 1 aliphatic carbocycles. The number of hydrogen-bond donors (Lipinski definition) is 1. The first-order valence-electron chi connectivity index (χ1n) is 10.8. The monoisotopic (exact) mass is 424 g/mol. The van der Waals surface area contributed by atoms with Crippen molar-refractivity contribution in [2.75, 3.05) is 39.3 Å². The number of fused-ring (bicyclic) bond motifs is 1. The number of benzene rings is 1. The quantitative estimate of drug-likeness (QED) is 0.781. The van der Waals surface area contributed by atoms with E-state index in [4.69, 9.17) is 0 Å². The zero-order valence-electron chi connectivity index (χ0n) is 16.9. The van der Waals surface area contributed by atoms with Crippen LogP contribution in [-0.4, -0.2) is 68.8 Å². The average molecular weight is 425 g/mol. The van der Waals surface area contributed by atoms with Crippen molar-refractivity contribution >= 4 is 15.9 Å². The lowest BCUT2D eigenvalue weighted by Crippen LogP contribution is -3.15. The van der Waals surface area contributed by atoms with Crippen LogP contribution < -0.4 is 4.90 Å². The number of piperidine rings is 1. The van der Waals surface area contributed by atoms with Crippen molar-refractivity contribution in [2.24, 2.45) is 5.92 Å². The van der Waals surface area contributed by atoms with Crippen LogP contribution in [0.15, 0.2) is 29.2 Å². The Morgan fingerprint density at radius 3 is 2.38 bits per heavy atom. The highest BCUT2D eigenvalue weighted by Crippen LogP contribution is 2.35. The lowest BCUT2D eigenvalue weighted by molar-refractivity contribution is -0.896. The summed E-state index contributed by atoms with van der Waals surface area (Å²) in [6.07, 6.45) is 7.25. The third-order valence-corrected chi connectivity index (χ3v) is 8.76. The van der Waals surface area contributed by atoms with Crippen molar-refractivity contribution in [3.8, 4) is 0 Å². The van der Waals surface area contributed by atoms with Crippen LogP contribution in [0.5, 0.6) is 0 Å². The SMILES string of the molecule is O=C(C[NH+]1CCN(S(=O)(=O)c2ccc(F)cc2)CC1)N1CCC[C@@H]2CCCC[C@H]21. The fourth-order valence-corrected chi connectivity index (χ4v) is 6.67. The Labute approximate surface area is 172 Å². The molecule has 2 atom stereocenters. The Hall–Kier alpha value is -1.51. The van der Waals surface area contributed by atoms with E-state index in [1.807, 2.05) is 0 Å². The van der Waals surface area contributed by atoms with Gasteiger partial charge in [-0.2, -0.15) is 4.31 Å². The van der Waals surface area contributed by atoms with E-state index in [9.17, 15) is 17.6 Å². The van der Waals surface area contributed by atoms with Crippen molar-refractivity contribution in [1.82, 2.24) is 9.21 Å². The molecular formula is C21H31FN3O3S+. The van der Waals surface area contributed by atoms with Gasteiger partial charge in [-0.05, 0) is 55.9 Å². The maximum Gasteiger partial charge on any atom is 0.278 e. The topological polar surface area (TPSA) is 62.1 Å². The highest BCUT2D eigenvalue weighted by molar-refractivity contribution is 7.89. The summed E-state index contributed by atoms with van der Waals surface area (Å²) < 4.78 is 40.1. The molecule has 6 nitrogen and oxygen atoms in total. The Morgan fingerprint density at radius 2 is 1.66 bits per heavy atom. The van der Waals surface area contributed by atoms with Crippen molar-refractivity contribution < 1.29 is 22.5 Å². The van der Waals surface area contributed by atoms with Crippen LogP contribution in [0.1, 0.15) is 38.5 Å². The molecule has 1 amide bonds. The minimum atomic E-state index is -3.61. The molecule has 160 valence electrons. The molecule has 1 aromatic rings. The number of halogens is 1. The molecule has 0 unspecified atom stereocenters. The van der Waals surface area contributed by atoms with E-state index in [2.05, 4.69) is 4.90 Å². The van der Waals surface area contributed by atoms with E-state index in [1.54, 1.807) is 0 Å². The van der Waals surface area contributed by atoms with Crippen LogP contribution in [0.2, 0.25) is 0 Å². The number of quaternary nitrogens is 1. The standard InChI is InChI=1S/C21H30FN3O3S/c22-18-7-9-19(10-8-18)29(27,28)24-14-12-23(13-15-24)16-21(26)25-11-3-5-17-4-1-2-6-20(17)25/h7-10,17,20H,1-6,11-16H2/p+1/t17-,20+/m0/s1. The molecule has 2 heterocycles. The van der Waals surface area contributed by atoms with Gasteiger partial charge in [-0.25, -0.2) is 12.8 Å². The summed E-state index contributed by atoms with van der Waals surface area (Å²) in [4.78, 5) is 16.4. The number of likely N-dealkylation sites (tertiary alicyclic amines) is 1. The van der Waals surface area contributed by atoms with Gasteiger partial charge < -0.3 is 9.80 Å². The number of carbonyl (C=O) groups is 1. The van der Waals surface area contributed by atoms with Crippen molar-refractivity contribution in [3.63, 3.8) is 0 Å². The van der Waals surface area contributed by atoms with Gasteiger partial charge in [-0.3, -0.25) is 4.79 Å². The second kappa shape index (κ2) is 8.70. The Kier molecular flexibility index (Phi) is 6.22. The van der Waals surface area contributed by atoms with E-state index in [0.29, 0.717) is 44.7 Å². The largest absolute Gasteiger partial charge is 0.335 e. The summed E-state index contributed by atoms with van der Waals surface area (Å²) in [5, 5.41) is 0. The molecule has 2 saturated heterocycles. The molecule has 0 bridgehead atoms. The Bertz CT molecular complexity index is 820. The van der Waals surface area contributed by atoms with Gasteiger partial charge in [0.05, 0.1) is 31.1 Å². The summed E-state index contributed by atoms with van der Waals surface area (Å²) in [5.41, 5.74) is 0. The van der Waals surface area contributed by atoms with E-state index in [1.165, 1.54) is 54.3 Å². The van der Waals surface area contributed by atoms with Crippen LogP contribution >= 0.6 is 0 Å². The predicted octanol–water partition coefficient (Wildman–Crippen LogP) is 0.896. The molecule has 29 heavy (non-hydrogen) atoms. The molecule has 0 aromatic heterocycles. The van der Waals surface area contributed by atoms with Gasteiger partial charge in [-0.1, -0.05) is 12.8 Å². The number of sulfonamides is 1. The summed E-state index contributed by atoms with van der Waals surface area (Å²) in [7, 11) is -3.61. The second-order valence-electron chi connectivity index (χ2n) is 8.63. The first-order chi connectivity index (χ1) is 13.9. The highest BCUT2D eigenvalue weighted by atomic mass is 32.2. The Balaban J connectivity index is 1.32. The fourth-order valence-electron chi connectivity index (χ4n) is 5.23. The summed E-state index contributed by atoms with van der Waals surface area (Å²) in [5.74, 6) is 0.454. The van der Waals surface area contributed by atoms with Gasteiger partial charge in [0.1, 0.15) is 5.82 Å². The maximum atomic E-state index is 13.1. The van der Waals surface area contributed by atoms with Gasteiger partial charge in [0.15, 0.2) is 6.54 Å². The zero-order chi connectivity index (χ0) is 20.4. The highest BCUT2D eigenvalue weighted by Gasteiger charge is 2.38. The smallest absolute Gasteiger partial charge is 0.278 e. The molecule has 0 radical (unpaired) electrons. The number of carbonyl (C=O) groups excluding carboxylic acids is 1. The molecule has 2 aliphatic heterocycles. The number of amides is 1. The second-order valence-corrected chi connectivity index (χ2v) is 10.6. The number of nitrogens with zero attached hydrogens (tertiary/aromatic N) is 2. The van der Waals surface area contributed by atoms with E-state index < -0.39 is 15.8 Å². The number of nitrogens with one attached hydrogen (secondary N) is 1. The maximum absolute atomic E-state index is 13.1. The van der Waals surface area contributed by atoms with Gasteiger partial charge in [0, 0.05) is 12.6 Å². The minimum absolute atomic E-state index is 0.120. The lowest BCUT2D eigenvalue weighted by atomic mass is 9.78. The van der Waals surface area contributed by atoms with E-state index in [-0.39, 0.29) is 10.8 Å². The average Bonchev–Trinajstić information content (AvgIpc) is 2.74. The van der Waals surface area contributed by atoms with Gasteiger partial charge >= 0.3 is 0 Å². The zero-order valence-corrected chi connectivity index (χ0v) is 17.7. The summed E-state index contributed by atoms with van der Waals surface area (Å²) in [6.45, 7) is 3.33. The van der Waals surface area contributed by atoms with Crippen LogP contribution in [0.4, 0.5) is 4.39 Å². The molecule has 3 aliphatic rings. The lowest BCUT2D eigenvalue weighted by Gasteiger charge is -2.44. The third kappa shape index (κ3) is 4.49. The number of piperazine rings is 1. The van der Waals surface area contributed by atoms with E-state index in [0.717, 1.165) is 24.3 Å². The fraction of sp³-hybridized carbons (Fsp3) is 0.667. The van der Waals surface area contributed by atoms with Crippen LogP contribution in [-0.2, 0) is 14.8 Å². The Morgan fingerprint density at radius 1 is 1.00 bits per heavy atom. The van der Waals surface area contributed by atoms with Crippen LogP contribution in [0, 0.1) is 11.7 Å². The van der Waals surface area contributed by atoms with Crippen LogP contribution in [0.3, 0.4) is 0 Å². The molecule has 8 heteroatoms. The normalized spacial score (nSPS) is 26.9. The van der Waals surface area contributed by atoms with Crippen molar-refractivity contribution in [3.05, 3.63) is 30.1 Å². The molecule has 1 N–H and O–H groups in total. The molecule has 4 rings (SSSR count). The van der Waals surface area contributed by atoms with Gasteiger partial charge in [-0.15, -0.1) is 0 Å². The van der Waals surface area contributed by atoms with Gasteiger partial charge in [0.25, 0.3) is 5.91 Å². The van der Waals surface area contributed by atoms with Gasteiger partial charge in [0.2, 0.25) is 10.0 Å².